The largest absolute Gasteiger partial charge is 0.481 e. The zero-order valence-electron chi connectivity index (χ0n) is 8.37. The SMILES string of the molecule is NCC(C(=O)[C@@H](N)CCC(=O)O)S(=O)(=O)O. The number of carbonyl (C=O) groups is 2. The van der Waals surface area contributed by atoms with Crippen LogP contribution in [0.15, 0.2) is 0 Å². The molecular formula is C7H14N2O6S. The lowest BCUT2D eigenvalue weighted by atomic mass is 10.1. The standard InChI is InChI=1S/C7H14N2O6S/c8-3-5(16(13,14)15)7(12)4(9)1-2-6(10)11/h4-5H,1-3,8-9H2,(H,10,11)(H,13,14,15)/t4-,5?/m0/s1. The van der Waals surface area contributed by atoms with Crippen molar-refractivity contribution < 1.29 is 27.7 Å². The molecule has 0 saturated carbocycles. The molecule has 2 atom stereocenters. The van der Waals surface area contributed by atoms with Gasteiger partial charge in [-0.2, -0.15) is 8.42 Å². The topological polar surface area (TPSA) is 161 Å². The third-order valence-electron chi connectivity index (χ3n) is 1.93. The Morgan fingerprint density at radius 3 is 2.12 bits per heavy atom. The molecule has 16 heavy (non-hydrogen) atoms. The van der Waals surface area contributed by atoms with Crippen LogP contribution in [0.25, 0.3) is 0 Å². The van der Waals surface area contributed by atoms with Gasteiger partial charge in [-0.1, -0.05) is 0 Å². The number of nitrogens with two attached hydrogens (primary N) is 2. The Kier molecular flexibility index (Phi) is 5.51. The van der Waals surface area contributed by atoms with Gasteiger partial charge in [0.1, 0.15) is 0 Å². The van der Waals surface area contributed by atoms with Crippen molar-refractivity contribution >= 4 is 21.9 Å². The second-order valence-electron chi connectivity index (χ2n) is 3.18. The Balaban J connectivity index is 4.58. The van der Waals surface area contributed by atoms with Gasteiger partial charge in [0.2, 0.25) is 0 Å². The zero-order chi connectivity index (χ0) is 12.9. The van der Waals surface area contributed by atoms with Gasteiger partial charge in [0.05, 0.1) is 6.04 Å². The smallest absolute Gasteiger partial charge is 0.303 e. The van der Waals surface area contributed by atoms with Gasteiger partial charge in [-0.15, -0.1) is 0 Å². The highest BCUT2D eigenvalue weighted by Crippen LogP contribution is 2.05. The molecule has 0 rings (SSSR count). The molecular weight excluding hydrogens is 240 g/mol. The van der Waals surface area contributed by atoms with E-state index >= 15 is 0 Å². The van der Waals surface area contributed by atoms with E-state index in [-0.39, 0.29) is 12.8 Å². The van der Waals surface area contributed by atoms with E-state index in [0.29, 0.717) is 0 Å². The molecule has 0 aromatic carbocycles. The normalized spacial score (nSPS) is 15.4. The van der Waals surface area contributed by atoms with Crippen molar-refractivity contribution in [3.05, 3.63) is 0 Å². The molecule has 0 radical (unpaired) electrons. The summed E-state index contributed by atoms with van der Waals surface area (Å²) in [5.41, 5.74) is 10.3. The average molecular weight is 254 g/mol. The Morgan fingerprint density at radius 1 is 1.31 bits per heavy atom. The average Bonchev–Trinajstić information content (AvgIpc) is 2.12. The summed E-state index contributed by atoms with van der Waals surface area (Å²) in [7, 11) is -4.60. The van der Waals surface area contributed by atoms with E-state index in [4.69, 9.17) is 21.1 Å². The van der Waals surface area contributed by atoms with E-state index in [2.05, 4.69) is 0 Å². The van der Waals surface area contributed by atoms with Crippen molar-refractivity contribution in [1.29, 1.82) is 0 Å². The van der Waals surface area contributed by atoms with Crippen LogP contribution in [0.4, 0.5) is 0 Å². The number of rotatable bonds is 7. The molecule has 0 amide bonds. The molecule has 8 nitrogen and oxygen atoms in total. The minimum atomic E-state index is -4.60. The maximum absolute atomic E-state index is 11.4. The van der Waals surface area contributed by atoms with Crippen LogP contribution in [-0.2, 0) is 19.7 Å². The van der Waals surface area contributed by atoms with E-state index in [1.807, 2.05) is 0 Å². The van der Waals surface area contributed by atoms with Crippen LogP contribution < -0.4 is 11.5 Å². The Hall–Kier alpha value is -1.03. The van der Waals surface area contributed by atoms with Gasteiger partial charge in [0, 0.05) is 13.0 Å². The van der Waals surface area contributed by atoms with Crippen LogP contribution >= 0.6 is 0 Å². The van der Waals surface area contributed by atoms with Crippen molar-refractivity contribution in [2.24, 2.45) is 11.5 Å². The number of carboxylic acids is 1. The quantitative estimate of drug-likeness (QED) is 0.378. The molecule has 0 bridgehead atoms. The molecule has 0 aromatic heterocycles. The first kappa shape index (κ1) is 15.0. The molecule has 0 aliphatic carbocycles. The Labute approximate surface area is 92.4 Å². The third kappa shape index (κ3) is 4.66. The number of carbonyl (C=O) groups excluding carboxylic acids is 1. The fourth-order valence-corrected chi connectivity index (χ4v) is 1.76. The van der Waals surface area contributed by atoms with Gasteiger partial charge >= 0.3 is 5.97 Å². The van der Waals surface area contributed by atoms with Crippen LogP contribution in [0.2, 0.25) is 0 Å². The van der Waals surface area contributed by atoms with E-state index in [1.54, 1.807) is 0 Å². The van der Waals surface area contributed by atoms with Crippen LogP contribution in [0.3, 0.4) is 0 Å². The third-order valence-corrected chi connectivity index (χ3v) is 3.07. The van der Waals surface area contributed by atoms with Crippen LogP contribution in [0, 0.1) is 0 Å². The van der Waals surface area contributed by atoms with Gasteiger partial charge in [-0.05, 0) is 6.42 Å². The molecule has 6 N–H and O–H groups in total. The summed E-state index contributed by atoms with van der Waals surface area (Å²) < 4.78 is 30.1. The number of carboxylic acid groups (broad SMARTS) is 1. The monoisotopic (exact) mass is 254 g/mol. The summed E-state index contributed by atoms with van der Waals surface area (Å²) >= 11 is 0. The van der Waals surface area contributed by atoms with E-state index in [0.717, 1.165) is 0 Å². The van der Waals surface area contributed by atoms with Gasteiger partial charge in [-0.3, -0.25) is 14.1 Å². The minimum absolute atomic E-state index is 0.208. The van der Waals surface area contributed by atoms with Crippen molar-refractivity contribution in [3.63, 3.8) is 0 Å². The number of aliphatic carboxylic acids is 1. The summed E-state index contributed by atoms with van der Waals surface area (Å²) in [6.45, 7) is -0.599. The molecule has 0 aliphatic rings. The first-order valence-corrected chi connectivity index (χ1v) is 5.88. The van der Waals surface area contributed by atoms with Crippen LogP contribution in [-0.4, -0.2) is 47.7 Å². The van der Waals surface area contributed by atoms with Gasteiger partial charge in [0.25, 0.3) is 10.1 Å². The summed E-state index contributed by atoms with van der Waals surface area (Å²) in [5.74, 6) is -2.13. The fourth-order valence-electron chi connectivity index (χ4n) is 1.04. The summed E-state index contributed by atoms with van der Waals surface area (Å²) in [6.07, 6.45) is -0.574. The summed E-state index contributed by atoms with van der Waals surface area (Å²) in [4.78, 5) is 21.6. The first-order chi connectivity index (χ1) is 7.20. The summed E-state index contributed by atoms with van der Waals surface area (Å²) in [6, 6.07) is -1.27. The molecule has 94 valence electrons. The van der Waals surface area contributed by atoms with Gasteiger partial charge in [-0.25, -0.2) is 0 Å². The molecule has 0 aliphatic heterocycles. The van der Waals surface area contributed by atoms with Crippen molar-refractivity contribution in [2.45, 2.75) is 24.1 Å². The molecule has 1 unspecified atom stereocenters. The summed E-state index contributed by atoms with van der Waals surface area (Å²) in [5, 5.41) is 6.55. The predicted molar refractivity (Wildman–Crippen MR) is 54.2 cm³/mol. The Morgan fingerprint density at radius 2 is 1.81 bits per heavy atom. The van der Waals surface area contributed by atoms with Gasteiger partial charge < -0.3 is 16.6 Å². The molecule has 9 heteroatoms. The van der Waals surface area contributed by atoms with Crippen molar-refractivity contribution in [1.82, 2.24) is 0 Å². The van der Waals surface area contributed by atoms with E-state index < -0.39 is 39.7 Å². The highest BCUT2D eigenvalue weighted by Gasteiger charge is 2.33. The maximum atomic E-state index is 11.4. The lowest BCUT2D eigenvalue weighted by Crippen LogP contribution is -2.46. The fraction of sp³-hybridized carbons (Fsp3) is 0.714. The highest BCUT2D eigenvalue weighted by molar-refractivity contribution is 7.87. The van der Waals surface area contributed by atoms with Crippen LogP contribution in [0.5, 0.6) is 0 Å². The van der Waals surface area contributed by atoms with E-state index in [9.17, 15) is 18.0 Å². The van der Waals surface area contributed by atoms with Crippen molar-refractivity contribution in [2.75, 3.05) is 6.54 Å². The molecule has 0 heterocycles. The minimum Gasteiger partial charge on any atom is -0.481 e. The van der Waals surface area contributed by atoms with Crippen molar-refractivity contribution in [3.8, 4) is 0 Å². The first-order valence-electron chi connectivity index (χ1n) is 4.37. The second kappa shape index (κ2) is 5.89. The molecule has 0 fully saturated rings. The lowest BCUT2D eigenvalue weighted by Gasteiger charge is -2.15. The van der Waals surface area contributed by atoms with E-state index in [1.165, 1.54) is 0 Å². The van der Waals surface area contributed by atoms with Gasteiger partial charge in [0.15, 0.2) is 11.0 Å². The molecule has 0 spiro atoms. The molecule has 0 saturated heterocycles. The number of ketones is 1. The Bertz CT molecular complexity index is 365. The molecule has 0 aromatic rings. The highest BCUT2D eigenvalue weighted by atomic mass is 32.2. The number of hydrogen-bond acceptors (Lipinski definition) is 6. The number of hydrogen-bond donors (Lipinski definition) is 4. The predicted octanol–water partition coefficient (Wildman–Crippen LogP) is -2.04. The maximum Gasteiger partial charge on any atom is 0.303 e. The van der Waals surface area contributed by atoms with Crippen LogP contribution in [0.1, 0.15) is 12.8 Å². The lowest BCUT2D eigenvalue weighted by molar-refractivity contribution is -0.137. The second-order valence-corrected chi connectivity index (χ2v) is 4.78. The zero-order valence-corrected chi connectivity index (χ0v) is 9.18. The number of Topliss-reactive ketones (excluding diaryl/α,β-unsaturated/α-hetero) is 1.